The Hall–Kier alpha value is -1.38. The highest BCUT2D eigenvalue weighted by Gasteiger charge is 2.24. The van der Waals surface area contributed by atoms with Crippen LogP contribution in [-0.2, 0) is 0 Å². The highest BCUT2D eigenvalue weighted by Crippen LogP contribution is 2.31. The number of anilines is 2. The lowest BCUT2D eigenvalue weighted by Gasteiger charge is -2.19. The minimum Gasteiger partial charge on any atom is -0.395 e. The Kier molecular flexibility index (Phi) is 5.16. The fraction of sp³-hybridized carbons (Fsp3) is 0.667. The Bertz CT molecular complexity index is 454. The number of amides is 1. The highest BCUT2D eigenvalue weighted by atomic mass is 32.1. The lowest BCUT2D eigenvalue weighted by molar-refractivity contribution is 0.0690. The average Bonchev–Trinajstić information content (AvgIpc) is 3.06. The van der Waals surface area contributed by atoms with E-state index in [-0.39, 0.29) is 38.0 Å². The van der Waals surface area contributed by atoms with Gasteiger partial charge in [-0.1, -0.05) is 11.3 Å². The molecule has 1 aliphatic heterocycles. The van der Waals surface area contributed by atoms with Gasteiger partial charge in [0.05, 0.1) is 13.2 Å². The predicted octanol–water partition coefficient (Wildman–Crippen LogP) is -0.248. The molecule has 1 fully saturated rings. The van der Waals surface area contributed by atoms with Gasteiger partial charge in [0.15, 0.2) is 5.13 Å². The van der Waals surface area contributed by atoms with Crippen LogP contribution in [0.3, 0.4) is 0 Å². The molecule has 7 nitrogen and oxygen atoms in total. The van der Waals surface area contributed by atoms with E-state index in [1.165, 1.54) is 16.2 Å². The molecule has 0 saturated carbocycles. The maximum atomic E-state index is 12.3. The van der Waals surface area contributed by atoms with Crippen LogP contribution < -0.4 is 10.6 Å². The van der Waals surface area contributed by atoms with Crippen molar-refractivity contribution in [1.29, 1.82) is 0 Å². The third kappa shape index (κ3) is 3.20. The summed E-state index contributed by atoms with van der Waals surface area (Å²) in [7, 11) is 0. The van der Waals surface area contributed by atoms with E-state index in [2.05, 4.69) is 9.88 Å². The Morgan fingerprint density at radius 3 is 2.45 bits per heavy atom. The summed E-state index contributed by atoms with van der Waals surface area (Å²) in [5.41, 5.74) is 5.84. The maximum Gasteiger partial charge on any atom is 0.268 e. The maximum absolute atomic E-state index is 12.3. The van der Waals surface area contributed by atoms with Crippen LogP contribution in [0.5, 0.6) is 0 Å². The summed E-state index contributed by atoms with van der Waals surface area (Å²) in [6, 6.07) is 0. The van der Waals surface area contributed by atoms with Crippen LogP contribution in [-0.4, -0.2) is 65.4 Å². The molecular weight excluding hydrogens is 280 g/mol. The van der Waals surface area contributed by atoms with Gasteiger partial charge in [-0.3, -0.25) is 4.79 Å². The molecule has 1 aliphatic rings. The molecule has 20 heavy (non-hydrogen) atoms. The second-order valence-electron chi connectivity index (χ2n) is 4.64. The number of carbonyl (C=O) groups is 1. The van der Waals surface area contributed by atoms with E-state index in [9.17, 15) is 4.79 Å². The predicted molar refractivity (Wildman–Crippen MR) is 78.0 cm³/mol. The standard InChI is InChI=1S/C12H20N4O3S/c13-10-9(11(19)15(5-7-17)6-8-18)20-12(14-10)16-3-1-2-4-16/h17-18H,1-8,13H2. The van der Waals surface area contributed by atoms with Crippen LogP contribution in [0, 0.1) is 0 Å². The van der Waals surface area contributed by atoms with Crippen molar-refractivity contribution in [2.24, 2.45) is 0 Å². The number of aliphatic hydroxyl groups is 2. The van der Waals surface area contributed by atoms with Crippen LogP contribution in [0.25, 0.3) is 0 Å². The van der Waals surface area contributed by atoms with Crippen LogP contribution in [0.15, 0.2) is 0 Å². The first kappa shape index (κ1) is 15.0. The number of nitrogens with zero attached hydrogens (tertiary/aromatic N) is 3. The number of nitrogens with two attached hydrogens (primary N) is 1. The van der Waals surface area contributed by atoms with E-state index in [1.807, 2.05) is 0 Å². The van der Waals surface area contributed by atoms with Crippen LogP contribution in [0.4, 0.5) is 10.9 Å². The van der Waals surface area contributed by atoms with Crippen molar-refractivity contribution in [1.82, 2.24) is 9.88 Å². The average molecular weight is 300 g/mol. The molecule has 0 atom stereocenters. The van der Waals surface area contributed by atoms with Crippen LogP contribution in [0.2, 0.25) is 0 Å². The first-order chi connectivity index (χ1) is 9.67. The van der Waals surface area contributed by atoms with Gasteiger partial charge < -0.3 is 25.7 Å². The van der Waals surface area contributed by atoms with E-state index in [0.717, 1.165) is 31.1 Å². The Morgan fingerprint density at radius 1 is 1.30 bits per heavy atom. The van der Waals surface area contributed by atoms with E-state index in [0.29, 0.717) is 4.88 Å². The summed E-state index contributed by atoms with van der Waals surface area (Å²) >= 11 is 1.28. The summed E-state index contributed by atoms with van der Waals surface area (Å²) in [4.78, 5) is 20.5. The van der Waals surface area contributed by atoms with Crippen molar-refractivity contribution in [3.05, 3.63) is 4.88 Å². The molecule has 1 amide bonds. The number of thiazole rings is 1. The second-order valence-corrected chi connectivity index (χ2v) is 5.62. The molecule has 2 heterocycles. The molecule has 0 aliphatic carbocycles. The van der Waals surface area contributed by atoms with Gasteiger partial charge in [-0.15, -0.1) is 0 Å². The smallest absolute Gasteiger partial charge is 0.268 e. The van der Waals surface area contributed by atoms with Gasteiger partial charge in [0.2, 0.25) is 0 Å². The van der Waals surface area contributed by atoms with Crippen LogP contribution >= 0.6 is 11.3 Å². The fourth-order valence-electron chi connectivity index (χ4n) is 2.22. The molecule has 1 aromatic heterocycles. The Morgan fingerprint density at radius 2 is 1.90 bits per heavy atom. The molecule has 0 bridgehead atoms. The summed E-state index contributed by atoms with van der Waals surface area (Å²) in [5, 5.41) is 18.7. The van der Waals surface area contributed by atoms with Gasteiger partial charge in [-0.25, -0.2) is 4.98 Å². The first-order valence-corrected chi connectivity index (χ1v) is 7.51. The normalized spacial score (nSPS) is 14.8. The monoisotopic (exact) mass is 300 g/mol. The van der Waals surface area contributed by atoms with E-state index in [4.69, 9.17) is 15.9 Å². The summed E-state index contributed by atoms with van der Waals surface area (Å²) in [5.74, 6) is -0.0590. The third-order valence-electron chi connectivity index (χ3n) is 3.24. The van der Waals surface area contributed by atoms with E-state index in [1.54, 1.807) is 0 Å². The minimum atomic E-state index is -0.284. The Balaban J connectivity index is 2.15. The summed E-state index contributed by atoms with van der Waals surface area (Å²) in [6.07, 6.45) is 2.26. The SMILES string of the molecule is Nc1nc(N2CCCC2)sc1C(=O)N(CCO)CCO. The van der Waals surface area contributed by atoms with Gasteiger partial charge in [0.25, 0.3) is 5.91 Å². The molecule has 8 heteroatoms. The van der Waals surface area contributed by atoms with E-state index >= 15 is 0 Å². The first-order valence-electron chi connectivity index (χ1n) is 6.69. The minimum absolute atomic E-state index is 0.149. The quantitative estimate of drug-likeness (QED) is 0.669. The largest absolute Gasteiger partial charge is 0.395 e. The molecule has 1 saturated heterocycles. The van der Waals surface area contributed by atoms with Crippen molar-refractivity contribution < 1.29 is 15.0 Å². The number of aliphatic hydroxyl groups excluding tert-OH is 2. The van der Waals surface area contributed by atoms with Gasteiger partial charge in [0.1, 0.15) is 10.7 Å². The summed E-state index contributed by atoms with van der Waals surface area (Å²) < 4.78 is 0. The fourth-order valence-corrected chi connectivity index (χ4v) is 3.22. The lowest BCUT2D eigenvalue weighted by atomic mass is 10.4. The van der Waals surface area contributed by atoms with Crippen LogP contribution in [0.1, 0.15) is 22.5 Å². The molecule has 4 N–H and O–H groups in total. The van der Waals surface area contributed by atoms with E-state index < -0.39 is 0 Å². The van der Waals surface area contributed by atoms with Gasteiger partial charge in [0, 0.05) is 26.2 Å². The second kappa shape index (κ2) is 6.87. The molecular formula is C12H20N4O3S. The van der Waals surface area contributed by atoms with Crippen molar-refractivity contribution in [3.63, 3.8) is 0 Å². The third-order valence-corrected chi connectivity index (χ3v) is 4.36. The number of carbonyl (C=O) groups excluding carboxylic acids is 1. The molecule has 0 aromatic carbocycles. The van der Waals surface area contributed by atoms with Crippen molar-refractivity contribution in [2.75, 3.05) is 50.0 Å². The highest BCUT2D eigenvalue weighted by molar-refractivity contribution is 7.18. The molecule has 1 aromatic rings. The number of hydrogen-bond donors (Lipinski definition) is 3. The molecule has 0 unspecified atom stereocenters. The zero-order chi connectivity index (χ0) is 14.5. The topological polar surface area (TPSA) is 103 Å². The van der Waals surface area contributed by atoms with Crippen molar-refractivity contribution >= 4 is 28.2 Å². The van der Waals surface area contributed by atoms with Crippen molar-refractivity contribution in [3.8, 4) is 0 Å². The van der Waals surface area contributed by atoms with Gasteiger partial charge in [-0.2, -0.15) is 0 Å². The molecule has 0 spiro atoms. The molecule has 2 rings (SSSR count). The Labute approximate surface area is 121 Å². The number of rotatable bonds is 6. The zero-order valence-corrected chi connectivity index (χ0v) is 12.1. The zero-order valence-electron chi connectivity index (χ0n) is 11.3. The number of aromatic nitrogens is 1. The van der Waals surface area contributed by atoms with Crippen molar-refractivity contribution in [2.45, 2.75) is 12.8 Å². The molecule has 0 radical (unpaired) electrons. The molecule has 112 valence electrons. The number of nitrogen functional groups attached to an aromatic ring is 1. The number of hydrogen-bond acceptors (Lipinski definition) is 7. The summed E-state index contributed by atoms with van der Waals surface area (Å²) in [6.45, 7) is 1.94. The van der Waals surface area contributed by atoms with Gasteiger partial charge in [-0.05, 0) is 12.8 Å². The lowest BCUT2D eigenvalue weighted by Crippen LogP contribution is -2.35. The van der Waals surface area contributed by atoms with Gasteiger partial charge >= 0.3 is 0 Å².